The van der Waals surface area contributed by atoms with Crippen LogP contribution in [0.3, 0.4) is 0 Å². The Kier molecular flexibility index (Phi) is 4.77. The lowest BCUT2D eigenvalue weighted by Gasteiger charge is -2.15. The molecule has 4 N–H and O–H groups in total. The van der Waals surface area contributed by atoms with Gasteiger partial charge in [0.25, 0.3) is 5.91 Å². The summed E-state index contributed by atoms with van der Waals surface area (Å²) in [5, 5.41) is 3.43. The number of aromatic nitrogens is 1. The van der Waals surface area contributed by atoms with Crippen LogP contribution in [0.2, 0.25) is 0 Å². The lowest BCUT2D eigenvalue weighted by atomic mass is 10.0. The fourth-order valence-corrected chi connectivity index (χ4v) is 2.15. The number of para-hydroxylation sites is 1. The smallest absolute Gasteiger partial charge is 0.303 e. The average Bonchev–Trinajstić information content (AvgIpc) is 2.87. The molecule has 7 heteroatoms. The molecule has 0 spiro atoms. The number of carbonyl (C=O) groups excluding carboxylic acids is 3. The number of esters is 1. The fourth-order valence-electron chi connectivity index (χ4n) is 2.15. The number of benzene rings is 1. The number of hydrogen-bond acceptors (Lipinski definition) is 4. The minimum Gasteiger partial charge on any atom is -0.456 e. The minimum atomic E-state index is -0.873. The van der Waals surface area contributed by atoms with Gasteiger partial charge < -0.3 is 20.8 Å². The molecule has 0 aliphatic rings. The molecule has 0 radical (unpaired) electrons. The van der Waals surface area contributed by atoms with Crippen molar-refractivity contribution < 1.29 is 19.1 Å². The number of H-pyrrole nitrogens is 1. The van der Waals surface area contributed by atoms with Crippen molar-refractivity contribution in [3.8, 4) is 0 Å². The largest absolute Gasteiger partial charge is 0.456 e. The van der Waals surface area contributed by atoms with Gasteiger partial charge in [0.15, 0.2) is 6.61 Å². The lowest BCUT2D eigenvalue weighted by molar-refractivity contribution is -0.146. The van der Waals surface area contributed by atoms with E-state index in [4.69, 9.17) is 5.73 Å². The quantitative estimate of drug-likeness (QED) is 0.663. The van der Waals surface area contributed by atoms with E-state index in [1.165, 1.54) is 6.92 Å². The zero-order chi connectivity index (χ0) is 16.1. The Hall–Kier alpha value is -2.83. The normalized spacial score (nSPS) is 11.9. The second-order valence-corrected chi connectivity index (χ2v) is 4.87. The molecule has 0 aliphatic carbocycles. The van der Waals surface area contributed by atoms with Gasteiger partial charge >= 0.3 is 5.97 Å². The third kappa shape index (κ3) is 3.85. The van der Waals surface area contributed by atoms with Crippen LogP contribution in [0, 0.1) is 0 Å². The first-order valence-corrected chi connectivity index (χ1v) is 6.74. The molecular formula is C15H17N3O4. The highest BCUT2D eigenvalue weighted by molar-refractivity contribution is 5.89. The summed E-state index contributed by atoms with van der Waals surface area (Å²) in [5.74, 6) is -1.79. The van der Waals surface area contributed by atoms with Gasteiger partial charge in [0.2, 0.25) is 5.91 Å². The van der Waals surface area contributed by atoms with Crippen LogP contribution in [0.1, 0.15) is 12.5 Å². The predicted octanol–water partition coefficient (Wildman–Crippen LogP) is 0.244. The van der Waals surface area contributed by atoms with E-state index in [1.54, 1.807) is 6.20 Å². The second kappa shape index (κ2) is 6.75. The van der Waals surface area contributed by atoms with Crippen molar-refractivity contribution in [2.45, 2.75) is 19.4 Å². The van der Waals surface area contributed by atoms with E-state index in [2.05, 4.69) is 15.0 Å². The molecule has 116 valence electrons. The number of ether oxygens (including phenoxy) is 1. The molecule has 0 unspecified atom stereocenters. The monoisotopic (exact) mass is 303 g/mol. The number of carbonyl (C=O) groups is 3. The van der Waals surface area contributed by atoms with Gasteiger partial charge in [0.1, 0.15) is 6.04 Å². The van der Waals surface area contributed by atoms with Crippen molar-refractivity contribution in [1.82, 2.24) is 10.3 Å². The third-order valence-electron chi connectivity index (χ3n) is 3.18. The number of primary amides is 1. The molecule has 0 saturated carbocycles. The lowest BCUT2D eigenvalue weighted by Crippen LogP contribution is -2.47. The molecule has 7 nitrogen and oxygen atoms in total. The fraction of sp³-hybridized carbons (Fsp3) is 0.267. The van der Waals surface area contributed by atoms with Crippen LogP contribution in [-0.2, 0) is 25.5 Å². The van der Waals surface area contributed by atoms with Crippen LogP contribution < -0.4 is 11.1 Å². The number of fused-ring (bicyclic) bond motifs is 1. The van der Waals surface area contributed by atoms with Crippen molar-refractivity contribution in [3.05, 3.63) is 36.0 Å². The zero-order valence-corrected chi connectivity index (χ0v) is 12.1. The Morgan fingerprint density at radius 2 is 2.05 bits per heavy atom. The Labute approximate surface area is 126 Å². The maximum absolute atomic E-state index is 11.7. The molecule has 0 aliphatic heterocycles. The first-order valence-electron chi connectivity index (χ1n) is 6.74. The molecule has 1 heterocycles. The van der Waals surface area contributed by atoms with Gasteiger partial charge in [-0.05, 0) is 11.6 Å². The summed E-state index contributed by atoms with van der Waals surface area (Å²) >= 11 is 0. The van der Waals surface area contributed by atoms with E-state index in [0.717, 1.165) is 16.5 Å². The maximum atomic E-state index is 11.7. The molecule has 2 amide bonds. The molecule has 1 aromatic carbocycles. The number of amides is 2. The number of aromatic amines is 1. The first-order chi connectivity index (χ1) is 10.5. The third-order valence-corrected chi connectivity index (χ3v) is 3.18. The highest BCUT2D eigenvalue weighted by Crippen LogP contribution is 2.19. The summed E-state index contributed by atoms with van der Waals surface area (Å²) in [6, 6.07) is 6.74. The number of rotatable bonds is 6. The Morgan fingerprint density at radius 1 is 1.32 bits per heavy atom. The van der Waals surface area contributed by atoms with Crippen LogP contribution in [0.4, 0.5) is 0 Å². The zero-order valence-electron chi connectivity index (χ0n) is 12.1. The van der Waals surface area contributed by atoms with Crippen molar-refractivity contribution in [2.75, 3.05) is 6.61 Å². The molecule has 0 fully saturated rings. The van der Waals surface area contributed by atoms with E-state index in [0.29, 0.717) is 0 Å². The summed E-state index contributed by atoms with van der Waals surface area (Å²) in [5.41, 5.74) is 7.13. The summed E-state index contributed by atoms with van der Waals surface area (Å²) in [4.78, 5) is 36.9. The Bertz CT molecular complexity index is 708. The summed E-state index contributed by atoms with van der Waals surface area (Å²) in [7, 11) is 0. The van der Waals surface area contributed by atoms with Crippen LogP contribution in [-0.4, -0.2) is 35.4 Å². The van der Waals surface area contributed by atoms with Crippen molar-refractivity contribution in [2.24, 2.45) is 5.73 Å². The maximum Gasteiger partial charge on any atom is 0.303 e. The van der Waals surface area contributed by atoms with Gasteiger partial charge in [-0.2, -0.15) is 0 Å². The molecule has 22 heavy (non-hydrogen) atoms. The topological polar surface area (TPSA) is 114 Å². The molecule has 2 aromatic rings. The van der Waals surface area contributed by atoms with Gasteiger partial charge in [0, 0.05) is 30.4 Å². The van der Waals surface area contributed by atoms with Crippen LogP contribution >= 0.6 is 0 Å². The van der Waals surface area contributed by atoms with Crippen LogP contribution in [0.5, 0.6) is 0 Å². The van der Waals surface area contributed by atoms with E-state index < -0.39 is 30.4 Å². The Balaban J connectivity index is 2.07. The number of nitrogens with two attached hydrogens (primary N) is 1. The molecule has 0 saturated heterocycles. The number of nitrogens with one attached hydrogen (secondary N) is 2. The van der Waals surface area contributed by atoms with E-state index in [-0.39, 0.29) is 6.42 Å². The van der Waals surface area contributed by atoms with Gasteiger partial charge in [-0.1, -0.05) is 18.2 Å². The van der Waals surface area contributed by atoms with Gasteiger partial charge in [-0.15, -0.1) is 0 Å². The van der Waals surface area contributed by atoms with Crippen LogP contribution in [0.25, 0.3) is 10.9 Å². The van der Waals surface area contributed by atoms with Gasteiger partial charge in [0.05, 0.1) is 0 Å². The highest BCUT2D eigenvalue weighted by atomic mass is 16.5. The van der Waals surface area contributed by atoms with E-state index in [1.807, 2.05) is 24.3 Å². The van der Waals surface area contributed by atoms with Crippen LogP contribution in [0.15, 0.2) is 30.5 Å². The highest BCUT2D eigenvalue weighted by Gasteiger charge is 2.20. The Morgan fingerprint density at radius 3 is 2.73 bits per heavy atom. The minimum absolute atomic E-state index is 0.255. The summed E-state index contributed by atoms with van der Waals surface area (Å²) in [6.45, 7) is 0.762. The second-order valence-electron chi connectivity index (χ2n) is 4.87. The molecule has 1 aromatic heterocycles. The van der Waals surface area contributed by atoms with E-state index in [9.17, 15) is 14.4 Å². The summed E-state index contributed by atoms with van der Waals surface area (Å²) < 4.78 is 4.58. The molecule has 1 atom stereocenters. The molecule has 2 rings (SSSR count). The van der Waals surface area contributed by atoms with E-state index >= 15 is 0 Å². The average molecular weight is 303 g/mol. The summed E-state index contributed by atoms with van der Waals surface area (Å²) in [6.07, 6.45) is 2.03. The van der Waals surface area contributed by atoms with Crippen molar-refractivity contribution >= 4 is 28.7 Å². The van der Waals surface area contributed by atoms with Gasteiger partial charge in [-0.25, -0.2) is 0 Å². The molecular weight excluding hydrogens is 286 g/mol. The predicted molar refractivity (Wildman–Crippen MR) is 79.8 cm³/mol. The SMILES string of the molecule is CC(=O)OCC(=O)N[C@H](Cc1c[nH]c2ccccc12)C(N)=O. The first kappa shape index (κ1) is 15.6. The standard InChI is InChI=1S/C15H17N3O4/c1-9(19)22-8-14(20)18-13(15(16)21)6-10-7-17-12-5-3-2-4-11(10)12/h2-5,7,13,17H,6,8H2,1H3,(H2,16,21)(H,18,20)/t13-/m1/s1. The number of hydrogen-bond donors (Lipinski definition) is 3. The van der Waals surface area contributed by atoms with Gasteiger partial charge in [-0.3, -0.25) is 14.4 Å². The van der Waals surface area contributed by atoms with Crippen molar-refractivity contribution in [3.63, 3.8) is 0 Å². The molecule has 0 bridgehead atoms. The van der Waals surface area contributed by atoms with Crippen molar-refractivity contribution in [1.29, 1.82) is 0 Å².